The SMILES string of the molecule is CC(C)(C)CN1CCCC(n2cc(C(=O)N3CCCCC3)nn2)C1. The Morgan fingerprint density at radius 3 is 2.62 bits per heavy atom. The second-order valence-corrected chi connectivity index (χ2v) is 8.53. The minimum atomic E-state index is 0.0447. The van der Waals surface area contributed by atoms with Gasteiger partial charge in [-0.15, -0.1) is 5.10 Å². The summed E-state index contributed by atoms with van der Waals surface area (Å²) in [6.07, 6.45) is 7.58. The fraction of sp³-hybridized carbons (Fsp3) is 0.833. The molecule has 0 N–H and O–H groups in total. The lowest BCUT2D eigenvalue weighted by Crippen LogP contribution is -2.41. The number of piperidine rings is 2. The molecule has 6 nitrogen and oxygen atoms in total. The Bertz CT molecular complexity index is 556. The van der Waals surface area contributed by atoms with Gasteiger partial charge in [0.1, 0.15) is 0 Å². The van der Waals surface area contributed by atoms with Gasteiger partial charge in [0.25, 0.3) is 5.91 Å². The molecular formula is C18H31N5O. The highest BCUT2D eigenvalue weighted by molar-refractivity contribution is 5.91. The summed E-state index contributed by atoms with van der Waals surface area (Å²) < 4.78 is 1.92. The summed E-state index contributed by atoms with van der Waals surface area (Å²) in [5.74, 6) is 0.0447. The van der Waals surface area contributed by atoms with Crippen LogP contribution in [0.15, 0.2) is 6.20 Å². The maximum Gasteiger partial charge on any atom is 0.276 e. The van der Waals surface area contributed by atoms with Crippen LogP contribution >= 0.6 is 0 Å². The summed E-state index contributed by atoms with van der Waals surface area (Å²) in [7, 11) is 0. The van der Waals surface area contributed by atoms with Crippen molar-refractivity contribution in [1.29, 1.82) is 0 Å². The summed E-state index contributed by atoms with van der Waals surface area (Å²) in [6.45, 7) is 11.8. The first-order chi connectivity index (χ1) is 11.4. The molecule has 0 bridgehead atoms. The van der Waals surface area contributed by atoms with Gasteiger partial charge in [-0.2, -0.15) is 0 Å². The van der Waals surface area contributed by atoms with Crippen LogP contribution in [0.2, 0.25) is 0 Å². The Morgan fingerprint density at radius 2 is 1.92 bits per heavy atom. The number of carbonyl (C=O) groups is 1. The van der Waals surface area contributed by atoms with Gasteiger partial charge in [-0.1, -0.05) is 26.0 Å². The first-order valence-corrected chi connectivity index (χ1v) is 9.36. The molecule has 134 valence electrons. The first-order valence-electron chi connectivity index (χ1n) is 9.36. The zero-order chi connectivity index (χ0) is 17.2. The average Bonchev–Trinajstić information content (AvgIpc) is 3.03. The quantitative estimate of drug-likeness (QED) is 0.853. The van der Waals surface area contributed by atoms with Crippen LogP contribution in [-0.4, -0.2) is 63.4 Å². The topological polar surface area (TPSA) is 54.3 Å². The average molecular weight is 333 g/mol. The second kappa shape index (κ2) is 7.21. The van der Waals surface area contributed by atoms with Gasteiger partial charge < -0.3 is 9.80 Å². The van der Waals surface area contributed by atoms with Crippen LogP contribution in [0.25, 0.3) is 0 Å². The maximum atomic E-state index is 12.5. The predicted octanol–water partition coefficient (Wildman–Crippen LogP) is 2.59. The smallest absolute Gasteiger partial charge is 0.276 e. The number of nitrogens with zero attached hydrogens (tertiary/aromatic N) is 5. The van der Waals surface area contributed by atoms with Gasteiger partial charge in [-0.05, 0) is 44.1 Å². The Labute approximate surface area is 145 Å². The molecular weight excluding hydrogens is 302 g/mol. The van der Waals surface area contributed by atoms with Crippen molar-refractivity contribution in [3.05, 3.63) is 11.9 Å². The van der Waals surface area contributed by atoms with E-state index in [0.29, 0.717) is 17.2 Å². The second-order valence-electron chi connectivity index (χ2n) is 8.53. The Balaban J connectivity index is 1.63. The van der Waals surface area contributed by atoms with E-state index >= 15 is 0 Å². The van der Waals surface area contributed by atoms with Gasteiger partial charge in [-0.3, -0.25) is 4.79 Å². The minimum absolute atomic E-state index is 0.0447. The maximum absolute atomic E-state index is 12.5. The van der Waals surface area contributed by atoms with Crippen LogP contribution in [0.5, 0.6) is 0 Å². The van der Waals surface area contributed by atoms with E-state index in [0.717, 1.165) is 52.0 Å². The standard InChI is InChI=1S/C18H31N5O/c1-18(2,3)14-21-9-7-8-15(12-21)23-13-16(19-20-23)17(24)22-10-5-4-6-11-22/h13,15H,4-12,14H2,1-3H3. The number of carbonyl (C=O) groups excluding carboxylic acids is 1. The zero-order valence-corrected chi connectivity index (χ0v) is 15.4. The molecule has 0 aromatic carbocycles. The Morgan fingerprint density at radius 1 is 1.17 bits per heavy atom. The number of aromatic nitrogens is 3. The van der Waals surface area contributed by atoms with Crippen molar-refractivity contribution in [3.63, 3.8) is 0 Å². The largest absolute Gasteiger partial charge is 0.337 e. The predicted molar refractivity (Wildman–Crippen MR) is 93.9 cm³/mol. The Hall–Kier alpha value is -1.43. The molecule has 3 rings (SSSR count). The van der Waals surface area contributed by atoms with Gasteiger partial charge in [-0.25, -0.2) is 4.68 Å². The van der Waals surface area contributed by atoms with Crippen molar-refractivity contribution in [2.75, 3.05) is 32.7 Å². The van der Waals surface area contributed by atoms with Gasteiger partial charge in [0.2, 0.25) is 0 Å². The number of rotatable bonds is 3. The van der Waals surface area contributed by atoms with Gasteiger partial charge >= 0.3 is 0 Å². The van der Waals surface area contributed by atoms with E-state index in [4.69, 9.17) is 0 Å². The molecule has 24 heavy (non-hydrogen) atoms. The minimum Gasteiger partial charge on any atom is -0.337 e. The van der Waals surface area contributed by atoms with Crippen LogP contribution in [-0.2, 0) is 0 Å². The van der Waals surface area contributed by atoms with Crippen molar-refractivity contribution < 1.29 is 4.79 Å². The van der Waals surface area contributed by atoms with Crippen LogP contribution < -0.4 is 0 Å². The molecule has 0 aliphatic carbocycles. The third-order valence-electron chi connectivity index (χ3n) is 4.93. The van der Waals surface area contributed by atoms with Crippen molar-refractivity contribution in [2.24, 2.45) is 5.41 Å². The Kier molecular flexibility index (Phi) is 5.23. The molecule has 0 saturated carbocycles. The highest BCUT2D eigenvalue weighted by Gasteiger charge is 2.27. The van der Waals surface area contributed by atoms with Crippen molar-refractivity contribution in [1.82, 2.24) is 24.8 Å². The summed E-state index contributed by atoms with van der Waals surface area (Å²) in [4.78, 5) is 17.0. The highest BCUT2D eigenvalue weighted by Crippen LogP contribution is 2.24. The monoisotopic (exact) mass is 333 g/mol. The molecule has 1 amide bonds. The fourth-order valence-corrected chi connectivity index (χ4v) is 3.87. The molecule has 2 saturated heterocycles. The van der Waals surface area contributed by atoms with E-state index in [-0.39, 0.29) is 5.91 Å². The van der Waals surface area contributed by atoms with Crippen molar-refractivity contribution in [2.45, 2.75) is 58.9 Å². The van der Waals surface area contributed by atoms with Crippen LogP contribution in [0.1, 0.15) is 69.4 Å². The van der Waals surface area contributed by atoms with E-state index in [2.05, 4.69) is 36.0 Å². The molecule has 0 spiro atoms. The third kappa shape index (κ3) is 4.35. The molecule has 1 unspecified atom stereocenters. The zero-order valence-electron chi connectivity index (χ0n) is 15.4. The fourth-order valence-electron chi connectivity index (χ4n) is 3.87. The third-order valence-corrected chi connectivity index (χ3v) is 4.93. The summed E-state index contributed by atoms with van der Waals surface area (Å²) in [5, 5.41) is 8.45. The molecule has 0 radical (unpaired) electrons. The van der Waals surface area contributed by atoms with Crippen molar-refractivity contribution in [3.8, 4) is 0 Å². The number of hydrogen-bond acceptors (Lipinski definition) is 4. The molecule has 2 aliphatic rings. The highest BCUT2D eigenvalue weighted by atomic mass is 16.2. The summed E-state index contributed by atoms with van der Waals surface area (Å²) in [5.41, 5.74) is 0.810. The molecule has 6 heteroatoms. The lowest BCUT2D eigenvalue weighted by Gasteiger charge is -2.36. The van der Waals surface area contributed by atoms with Gasteiger partial charge in [0.05, 0.1) is 12.2 Å². The number of hydrogen-bond donors (Lipinski definition) is 0. The van der Waals surface area contributed by atoms with Gasteiger partial charge in [0.15, 0.2) is 5.69 Å². The molecule has 1 aromatic rings. The normalized spacial score (nSPS) is 23.5. The number of amides is 1. The molecule has 2 fully saturated rings. The van der Waals surface area contributed by atoms with Gasteiger partial charge in [0, 0.05) is 26.2 Å². The number of likely N-dealkylation sites (tertiary alicyclic amines) is 2. The molecule has 1 aromatic heterocycles. The molecule has 2 aliphatic heterocycles. The van der Waals surface area contributed by atoms with Crippen LogP contribution in [0, 0.1) is 5.41 Å². The van der Waals surface area contributed by atoms with E-state index in [1.807, 2.05) is 15.8 Å². The first kappa shape index (κ1) is 17.4. The summed E-state index contributed by atoms with van der Waals surface area (Å²) >= 11 is 0. The van der Waals surface area contributed by atoms with E-state index < -0.39 is 0 Å². The van der Waals surface area contributed by atoms with Crippen molar-refractivity contribution >= 4 is 5.91 Å². The van der Waals surface area contributed by atoms with E-state index in [1.54, 1.807) is 0 Å². The van der Waals surface area contributed by atoms with E-state index in [9.17, 15) is 4.79 Å². The van der Waals surface area contributed by atoms with Crippen LogP contribution in [0.4, 0.5) is 0 Å². The van der Waals surface area contributed by atoms with E-state index in [1.165, 1.54) is 12.8 Å². The summed E-state index contributed by atoms with van der Waals surface area (Å²) in [6, 6.07) is 0.330. The van der Waals surface area contributed by atoms with Crippen LogP contribution in [0.3, 0.4) is 0 Å². The lowest BCUT2D eigenvalue weighted by molar-refractivity contribution is 0.0718. The molecule has 1 atom stereocenters. The molecule has 3 heterocycles. The lowest BCUT2D eigenvalue weighted by atomic mass is 9.94.